The van der Waals surface area contributed by atoms with E-state index in [9.17, 15) is 9.50 Å². The van der Waals surface area contributed by atoms with E-state index in [1.807, 2.05) is 24.4 Å². The van der Waals surface area contributed by atoms with E-state index in [0.717, 1.165) is 47.9 Å². The van der Waals surface area contributed by atoms with E-state index in [0.29, 0.717) is 24.1 Å². The number of hydrogen-bond acceptors (Lipinski definition) is 8. The zero-order chi connectivity index (χ0) is 26.3. The van der Waals surface area contributed by atoms with E-state index in [2.05, 4.69) is 55.0 Å². The fourth-order valence-corrected chi connectivity index (χ4v) is 5.44. The minimum Gasteiger partial charge on any atom is -0.392 e. The van der Waals surface area contributed by atoms with Crippen LogP contribution in [0.25, 0.3) is 0 Å². The Morgan fingerprint density at radius 3 is 2.37 bits per heavy atom. The molecule has 9 heteroatoms. The van der Waals surface area contributed by atoms with Gasteiger partial charge in [0.2, 0.25) is 5.95 Å². The maximum absolute atomic E-state index is 13.1. The first-order chi connectivity index (χ1) is 18.5. The summed E-state index contributed by atoms with van der Waals surface area (Å²) >= 11 is 1.75. The molecule has 0 spiro atoms. The van der Waals surface area contributed by atoms with Gasteiger partial charge in [0.05, 0.1) is 6.10 Å². The molecule has 4 aromatic rings. The van der Waals surface area contributed by atoms with Gasteiger partial charge in [0.15, 0.2) is 0 Å². The van der Waals surface area contributed by atoms with Crippen molar-refractivity contribution >= 4 is 35.1 Å². The third-order valence-corrected chi connectivity index (χ3v) is 7.66. The van der Waals surface area contributed by atoms with E-state index >= 15 is 0 Å². The quantitative estimate of drug-likeness (QED) is 0.223. The monoisotopic (exact) mass is 530 g/mol. The van der Waals surface area contributed by atoms with E-state index in [4.69, 9.17) is 0 Å². The molecule has 0 radical (unpaired) electrons. The van der Waals surface area contributed by atoms with Crippen LogP contribution in [0, 0.1) is 18.7 Å². The fourth-order valence-electron chi connectivity index (χ4n) is 4.49. The van der Waals surface area contributed by atoms with Gasteiger partial charge in [0.25, 0.3) is 0 Å². The highest BCUT2D eigenvalue weighted by atomic mass is 32.2. The normalized spacial score (nSPS) is 15.2. The maximum atomic E-state index is 13.1. The molecule has 2 aromatic carbocycles. The van der Waals surface area contributed by atoms with Crippen LogP contribution in [0.5, 0.6) is 0 Å². The molecular formula is C29H31FN6OS. The average molecular weight is 531 g/mol. The number of pyridine rings is 1. The van der Waals surface area contributed by atoms with Crippen LogP contribution < -0.4 is 10.6 Å². The summed E-state index contributed by atoms with van der Waals surface area (Å²) in [6.45, 7) is 3.93. The summed E-state index contributed by atoms with van der Waals surface area (Å²) in [7, 11) is 0. The third-order valence-electron chi connectivity index (χ3n) is 6.55. The van der Waals surface area contributed by atoms with Gasteiger partial charge in [-0.05, 0) is 110 Å². The highest BCUT2D eigenvalue weighted by molar-refractivity contribution is 7.97. The van der Waals surface area contributed by atoms with Crippen LogP contribution in [0.2, 0.25) is 0 Å². The second kappa shape index (κ2) is 12.3. The summed E-state index contributed by atoms with van der Waals surface area (Å²) in [5.74, 6) is 1.11. The van der Waals surface area contributed by atoms with Crippen LogP contribution in [-0.2, 0) is 6.42 Å². The van der Waals surface area contributed by atoms with Crippen molar-refractivity contribution in [1.29, 1.82) is 0 Å². The van der Waals surface area contributed by atoms with Gasteiger partial charge in [-0.25, -0.2) is 13.7 Å². The SMILES string of the molecule is Cc1ccnc(CC(O)C2CCN(Sc3ccc(Nc4nccc(Nc5ccc(F)cc5)n4)cc3)CC2)c1. The zero-order valence-corrected chi connectivity index (χ0v) is 22.0. The minimum atomic E-state index is -0.353. The summed E-state index contributed by atoms with van der Waals surface area (Å²) in [6.07, 6.45) is 5.69. The van der Waals surface area contributed by atoms with Gasteiger partial charge in [0.1, 0.15) is 11.6 Å². The number of aliphatic hydroxyl groups excluding tert-OH is 1. The van der Waals surface area contributed by atoms with Gasteiger partial charge in [0, 0.05) is 53.9 Å². The fraction of sp³-hybridized carbons (Fsp3) is 0.276. The van der Waals surface area contributed by atoms with Crippen molar-refractivity contribution in [3.63, 3.8) is 0 Å². The van der Waals surface area contributed by atoms with Crippen molar-refractivity contribution in [3.05, 3.63) is 96.2 Å². The lowest BCUT2D eigenvalue weighted by Crippen LogP contribution is -2.35. The molecule has 0 saturated carbocycles. The van der Waals surface area contributed by atoms with Gasteiger partial charge in [-0.1, -0.05) is 0 Å². The van der Waals surface area contributed by atoms with Gasteiger partial charge in [-0.15, -0.1) is 0 Å². The number of hydrogen-bond donors (Lipinski definition) is 3. The number of benzene rings is 2. The first-order valence-corrected chi connectivity index (χ1v) is 13.5. The van der Waals surface area contributed by atoms with Gasteiger partial charge in [-0.3, -0.25) is 4.98 Å². The summed E-state index contributed by atoms with van der Waals surface area (Å²) in [6, 6.07) is 20.1. The molecule has 0 bridgehead atoms. The number of halogens is 1. The van der Waals surface area contributed by atoms with Crippen LogP contribution >= 0.6 is 11.9 Å². The lowest BCUT2D eigenvalue weighted by molar-refractivity contribution is 0.0775. The van der Waals surface area contributed by atoms with Gasteiger partial charge < -0.3 is 15.7 Å². The largest absolute Gasteiger partial charge is 0.392 e. The Bertz CT molecular complexity index is 1330. The van der Waals surface area contributed by atoms with Crippen molar-refractivity contribution in [1.82, 2.24) is 19.3 Å². The highest BCUT2D eigenvalue weighted by Gasteiger charge is 2.26. The molecule has 1 fully saturated rings. The molecule has 3 N–H and O–H groups in total. The average Bonchev–Trinajstić information content (AvgIpc) is 2.92. The number of aromatic nitrogens is 3. The van der Waals surface area contributed by atoms with Crippen LogP contribution in [0.4, 0.5) is 27.5 Å². The standard InChI is InChI=1S/C29H31FN6OS/c1-20-10-14-31-25(18-20)19-27(37)21-12-16-36(17-13-21)38-26-8-6-24(7-9-26)34-29-32-15-11-28(35-29)33-23-4-2-22(30)3-5-23/h2-11,14-15,18,21,27,37H,12-13,16-17,19H2,1H3,(H2,32,33,34,35). The van der Waals surface area contributed by atoms with Crippen LogP contribution in [-0.4, -0.2) is 43.6 Å². The van der Waals surface area contributed by atoms with Crippen molar-refractivity contribution in [2.24, 2.45) is 5.92 Å². The molecule has 1 saturated heterocycles. The Morgan fingerprint density at radius 1 is 0.947 bits per heavy atom. The number of aryl methyl sites for hydroxylation is 1. The number of piperidine rings is 1. The first-order valence-electron chi connectivity index (χ1n) is 12.8. The Morgan fingerprint density at radius 2 is 1.63 bits per heavy atom. The molecule has 1 aliphatic heterocycles. The zero-order valence-electron chi connectivity index (χ0n) is 21.2. The molecule has 5 rings (SSSR count). The molecule has 38 heavy (non-hydrogen) atoms. The van der Waals surface area contributed by atoms with E-state index in [1.165, 1.54) is 17.7 Å². The molecule has 0 amide bonds. The van der Waals surface area contributed by atoms with E-state index in [1.54, 1.807) is 36.3 Å². The lowest BCUT2D eigenvalue weighted by atomic mass is 9.89. The van der Waals surface area contributed by atoms with Crippen molar-refractivity contribution in [2.75, 3.05) is 23.7 Å². The Kier molecular flexibility index (Phi) is 8.47. The molecule has 3 heterocycles. The van der Waals surface area contributed by atoms with E-state index < -0.39 is 0 Å². The topological polar surface area (TPSA) is 86.2 Å². The summed E-state index contributed by atoms with van der Waals surface area (Å²) in [5.41, 5.74) is 3.78. The molecule has 1 aliphatic rings. The Labute approximate surface area is 226 Å². The smallest absolute Gasteiger partial charge is 0.229 e. The second-order valence-electron chi connectivity index (χ2n) is 9.50. The summed E-state index contributed by atoms with van der Waals surface area (Å²) < 4.78 is 15.5. The third kappa shape index (κ3) is 7.28. The maximum Gasteiger partial charge on any atom is 0.229 e. The van der Waals surface area contributed by atoms with Crippen molar-refractivity contribution in [2.45, 2.75) is 37.2 Å². The van der Waals surface area contributed by atoms with Gasteiger partial charge >= 0.3 is 0 Å². The van der Waals surface area contributed by atoms with Crippen molar-refractivity contribution < 1.29 is 9.50 Å². The molecule has 7 nitrogen and oxygen atoms in total. The number of anilines is 4. The van der Waals surface area contributed by atoms with E-state index in [-0.39, 0.29) is 11.9 Å². The van der Waals surface area contributed by atoms with Crippen LogP contribution in [0.1, 0.15) is 24.1 Å². The predicted octanol–water partition coefficient (Wildman–Crippen LogP) is 6.13. The van der Waals surface area contributed by atoms with Gasteiger partial charge in [-0.2, -0.15) is 4.98 Å². The minimum absolute atomic E-state index is 0.280. The highest BCUT2D eigenvalue weighted by Crippen LogP contribution is 2.31. The number of aliphatic hydroxyl groups is 1. The molecule has 0 aliphatic carbocycles. The number of rotatable bonds is 9. The van der Waals surface area contributed by atoms with Crippen LogP contribution in [0.3, 0.4) is 0 Å². The summed E-state index contributed by atoms with van der Waals surface area (Å²) in [5, 5.41) is 17.1. The number of nitrogens with zero attached hydrogens (tertiary/aromatic N) is 4. The molecule has 196 valence electrons. The molecule has 1 unspecified atom stereocenters. The molecule has 1 atom stereocenters. The first kappa shape index (κ1) is 26.1. The Balaban J connectivity index is 1.09. The number of nitrogens with one attached hydrogen (secondary N) is 2. The second-order valence-corrected chi connectivity index (χ2v) is 10.7. The Hall–Kier alpha value is -3.53. The predicted molar refractivity (Wildman–Crippen MR) is 150 cm³/mol. The van der Waals surface area contributed by atoms with Crippen molar-refractivity contribution in [3.8, 4) is 0 Å². The molecule has 2 aromatic heterocycles. The lowest BCUT2D eigenvalue weighted by Gasteiger charge is -2.33. The summed E-state index contributed by atoms with van der Waals surface area (Å²) in [4.78, 5) is 14.3. The van der Waals surface area contributed by atoms with Crippen LogP contribution in [0.15, 0.2) is 84.0 Å². The molecular weight excluding hydrogens is 499 g/mol.